The lowest BCUT2D eigenvalue weighted by molar-refractivity contribution is 0.322. The molecule has 0 spiro atoms. The number of hydrogen-bond acceptors (Lipinski definition) is 6. The standard InChI is InChI=1S/C9H10N4O2S/c14-5-6-16-9-10-11-12-13(9)7-1-3-8(15)4-2-7/h1-4,14-15H,5-6H2. The summed E-state index contributed by atoms with van der Waals surface area (Å²) in [5.41, 5.74) is 0.767. The molecular weight excluding hydrogens is 228 g/mol. The molecule has 2 rings (SSSR count). The molecule has 1 aromatic heterocycles. The van der Waals surface area contributed by atoms with Crippen molar-refractivity contribution in [3.05, 3.63) is 24.3 Å². The van der Waals surface area contributed by atoms with Gasteiger partial charge in [-0.05, 0) is 34.7 Å². The van der Waals surface area contributed by atoms with Gasteiger partial charge in [0.1, 0.15) is 5.75 Å². The number of hydrogen-bond donors (Lipinski definition) is 2. The lowest BCUT2D eigenvalue weighted by Gasteiger charge is -2.03. The summed E-state index contributed by atoms with van der Waals surface area (Å²) in [6.07, 6.45) is 0. The summed E-state index contributed by atoms with van der Waals surface area (Å²) in [5.74, 6) is 0.736. The van der Waals surface area contributed by atoms with Gasteiger partial charge in [0.15, 0.2) is 0 Å². The first-order valence-corrected chi connectivity index (χ1v) is 5.61. The SMILES string of the molecule is OCCSc1nnnn1-c1ccc(O)cc1. The fourth-order valence-electron chi connectivity index (χ4n) is 1.16. The molecule has 0 aliphatic heterocycles. The van der Waals surface area contributed by atoms with E-state index in [0.717, 1.165) is 5.69 Å². The lowest BCUT2D eigenvalue weighted by atomic mass is 10.3. The van der Waals surface area contributed by atoms with Crippen molar-refractivity contribution >= 4 is 11.8 Å². The van der Waals surface area contributed by atoms with E-state index in [1.165, 1.54) is 11.8 Å². The highest BCUT2D eigenvalue weighted by atomic mass is 32.2. The molecule has 0 radical (unpaired) electrons. The first-order chi connectivity index (χ1) is 7.81. The predicted octanol–water partition coefficient (Wildman–Crippen LogP) is 0.452. The molecule has 1 aromatic carbocycles. The van der Waals surface area contributed by atoms with Crippen LogP contribution in [-0.4, -0.2) is 42.8 Å². The minimum atomic E-state index is 0.0765. The Bertz CT molecular complexity index is 457. The van der Waals surface area contributed by atoms with Gasteiger partial charge in [-0.25, -0.2) is 0 Å². The quantitative estimate of drug-likeness (QED) is 0.752. The summed E-state index contributed by atoms with van der Waals surface area (Å²) in [7, 11) is 0. The number of phenolic OH excluding ortho intramolecular Hbond substituents is 1. The van der Waals surface area contributed by atoms with Crippen molar-refractivity contribution in [1.29, 1.82) is 0 Å². The van der Waals surface area contributed by atoms with Crippen LogP contribution in [0.15, 0.2) is 29.4 Å². The van der Waals surface area contributed by atoms with E-state index < -0.39 is 0 Å². The Morgan fingerprint density at radius 3 is 2.69 bits per heavy atom. The Labute approximate surface area is 95.9 Å². The molecule has 16 heavy (non-hydrogen) atoms. The molecular formula is C9H10N4O2S. The highest BCUT2D eigenvalue weighted by Gasteiger charge is 2.08. The number of aliphatic hydroxyl groups is 1. The van der Waals surface area contributed by atoms with Crippen LogP contribution in [0.5, 0.6) is 5.75 Å². The minimum Gasteiger partial charge on any atom is -0.508 e. The topological polar surface area (TPSA) is 84.1 Å². The number of rotatable bonds is 4. The molecule has 6 nitrogen and oxygen atoms in total. The van der Waals surface area contributed by atoms with E-state index in [9.17, 15) is 0 Å². The summed E-state index contributed by atoms with van der Waals surface area (Å²) < 4.78 is 1.56. The van der Waals surface area contributed by atoms with Crippen molar-refractivity contribution in [1.82, 2.24) is 20.2 Å². The van der Waals surface area contributed by atoms with Crippen LogP contribution >= 0.6 is 11.8 Å². The Morgan fingerprint density at radius 2 is 2.00 bits per heavy atom. The minimum absolute atomic E-state index is 0.0765. The second kappa shape index (κ2) is 4.95. The Kier molecular flexibility index (Phi) is 3.37. The van der Waals surface area contributed by atoms with Gasteiger partial charge in [0.25, 0.3) is 0 Å². The Hall–Kier alpha value is -1.60. The highest BCUT2D eigenvalue weighted by molar-refractivity contribution is 7.99. The zero-order valence-electron chi connectivity index (χ0n) is 8.32. The number of phenols is 1. The van der Waals surface area contributed by atoms with E-state index in [-0.39, 0.29) is 12.4 Å². The number of aromatic nitrogens is 4. The molecule has 2 N–H and O–H groups in total. The van der Waals surface area contributed by atoms with Gasteiger partial charge < -0.3 is 10.2 Å². The fourth-order valence-corrected chi connectivity index (χ4v) is 1.79. The van der Waals surface area contributed by atoms with Crippen LogP contribution in [0.25, 0.3) is 5.69 Å². The Balaban J connectivity index is 2.26. The van der Waals surface area contributed by atoms with Crippen molar-refractivity contribution in [2.24, 2.45) is 0 Å². The van der Waals surface area contributed by atoms with E-state index in [0.29, 0.717) is 10.9 Å². The molecule has 0 unspecified atom stereocenters. The van der Waals surface area contributed by atoms with Crippen LogP contribution in [0.1, 0.15) is 0 Å². The summed E-state index contributed by atoms with van der Waals surface area (Å²) in [5, 5.41) is 29.8. The molecule has 0 amide bonds. The number of aliphatic hydroxyl groups excluding tert-OH is 1. The smallest absolute Gasteiger partial charge is 0.214 e. The van der Waals surface area contributed by atoms with E-state index in [2.05, 4.69) is 15.5 Å². The fraction of sp³-hybridized carbons (Fsp3) is 0.222. The van der Waals surface area contributed by atoms with Crippen LogP contribution in [0.3, 0.4) is 0 Å². The third-order valence-corrected chi connectivity index (χ3v) is 2.76. The maximum atomic E-state index is 9.17. The van der Waals surface area contributed by atoms with Gasteiger partial charge in [-0.3, -0.25) is 0 Å². The molecule has 7 heteroatoms. The van der Waals surface area contributed by atoms with Gasteiger partial charge in [0, 0.05) is 5.75 Å². The molecule has 2 aromatic rings. The molecule has 0 saturated heterocycles. The van der Waals surface area contributed by atoms with E-state index in [1.54, 1.807) is 28.9 Å². The number of nitrogens with zero attached hydrogens (tertiary/aromatic N) is 4. The van der Waals surface area contributed by atoms with Gasteiger partial charge in [-0.2, -0.15) is 4.68 Å². The zero-order valence-corrected chi connectivity index (χ0v) is 9.13. The van der Waals surface area contributed by atoms with Crippen molar-refractivity contribution in [3.63, 3.8) is 0 Å². The summed E-state index contributed by atoms with van der Waals surface area (Å²) >= 11 is 1.37. The van der Waals surface area contributed by atoms with Crippen LogP contribution in [-0.2, 0) is 0 Å². The first kappa shape index (κ1) is 10.9. The summed E-state index contributed by atoms with van der Waals surface area (Å²) in [6, 6.07) is 6.57. The van der Waals surface area contributed by atoms with Crippen LogP contribution in [0.2, 0.25) is 0 Å². The molecule has 0 fully saturated rings. The van der Waals surface area contributed by atoms with Crippen molar-refractivity contribution in [3.8, 4) is 11.4 Å². The molecule has 0 atom stereocenters. The number of thioether (sulfide) groups is 1. The largest absolute Gasteiger partial charge is 0.508 e. The lowest BCUT2D eigenvalue weighted by Crippen LogP contribution is -1.99. The predicted molar refractivity (Wildman–Crippen MR) is 58.6 cm³/mol. The zero-order chi connectivity index (χ0) is 11.4. The maximum Gasteiger partial charge on any atom is 0.214 e. The number of benzene rings is 1. The second-order valence-electron chi connectivity index (χ2n) is 2.96. The molecule has 0 saturated carbocycles. The van der Waals surface area contributed by atoms with Gasteiger partial charge >= 0.3 is 0 Å². The first-order valence-electron chi connectivity index (χ1n) is 4.62. The van der Waals surface area contributed by atoms with Crippen molar-refractivity contribution < 1.29 is 10.2 Å². The Morgan fingerprint density at radius 1 is 1.25 bits per heavy atom. The van der Waals surface area contributed by atoms with E-state index in [4.69, 9.17) is 10.2 Å². The van der Waals surface area contributed by atoms with Gasteiger partial charge in [0.05, 0.1) is 12.3 Å². The van der Waals surface area contributed by atoms with Crippen molar-refractivity contribution in [2.45, 2.75) is 5.16 Å². The van der Waals surface area contributed by atoms with Crippen LogP contribution < -0.4 is 0 Å². The third-order valence-electron chi connectivity index (χ3n) is 1.86. The van der Waals surface area contributed by atoms with E-state index >= 15 is 0 Å². The van der Waals surface area contributed by atoms with Crippen LogP contribution in [0, 0.1) is 0 Å². The van der Waals surface area contributed by atoms with Gasteiger partial charge in [-0.15, -0.1) is 5.10 Å². The molecule has 0 bridgehead atoms. The third kappa shape index (κ3) is 2.31. The maximum absolute atomic E-state index is 9.17. The number of aromatic hydroxyl groups is 1. The normalized spacial score (nSPS) is 10.6. The van der Waals surface area contributed by atoms with Gasteiger partial charge in [-0.1, -0.05) is 11.8 Å². The monoisotopic (exact) mass is 238 g/mol. The summed E-state index contributed by atoms with van der Waals surface area (Å²) in [4.78, 5) is 0. The average Bonchev–Trinajstić information content (AvgIpc) is 2.75. The average molecular weight is 238 g/mol. The highest BCUT2D eigenvalue weighted by Crippen LogP contribution is 2.19. The molecule has 84 valence electrons. The summed E-state index contributed by atoms with van der Waals surface area (Å²) in [6.45, 7) is 0.0765. The second-order valence-corrected chi connectivity index (χ2v) is 4.02. The van der Waals surface area contributed by atoms with Crippen LogP contribution in [0.4, 0.5) is 0 Å². The van der Waals surface area contributed by atoms with E-state index in [1.807, 2.05) is 0 Å². The van der Waals surface area contributed by atoms with Crippen molar-refractivity contribution in [2.75, 3.05) is 12.4 Å². The molecule has 1 heterocycles. The van der Waals surface area contributed by atoms with Gasteiger partial charge in [0.2, 0.25) is 5.16 Å². The molecule has 0 aliphatic rings. The number of tetrazole rings is 1. The molecule has 0 aliphatic carbocycles.